The highest BCUT2D eigenvalue weighted by atomic mass is 32.1. The zero-order chi connectivity index (χ0) is 13.0. The number of ether oxygens (including phenoxy) is 1. The van der Waals surface area contributed by atoms with Gasteiger partial charge in [-0.15, -0.1) is 11.3 Å². The van der Waals surface area contributed by atoms with Crippen LogP contribution < -0.4 is 0 Å². The van der Waals surface area contributed by atoms with Crippen LogP contribution in [0, 0.1) is 0 Å². The highest BCUT2D eigenvalue weighted by Gasteiger charge is 2.26. The lowest BCUT2D eigenvalue weighted by Gasteiger charge is -1.99. The van der Waals surface area contributed by atoms with Gasteiger partial charge in [0.15, 0.2) is 0 Å². The lowest BCUT2D eigenvalue weighted by molar-refractivity contribution is -0.138. The smallest absolute Gasteiger partial charge is 0.340 e. The van der Waals surface area contributed by atoms with Crippen molar-refractivity contribution in [1.29, 1.82) is 0 Å². The molecule has 7 heteroatoms. The van der Waals surface area contributed by atoms with Crippen molar-refractivity contribution in [3.05, 3.63) is 32.2 Å². The molecule has 1 aliphatic rings. The van der Waals surface area contributed by atoms with Gasteiger partial charge in [-0.3, -0.25) is 0 Å². The zero-order valence-electron chi connectivity index (χ0n) is 9.87. The second-order valence-corrected chi connectivity index (χ2v) is 4.91. The van der Waals surface area contributed by atoms with Crippen molar-refractivity contribution < 1.29 is 9.53 Å². The van der Waals surface area contributed by atoms with Crippen LogP contribution in [0.1, 0.15) is 35.6 Å². The topological polar surface area (TPSA) is 88.0 Å². The van der Waals surface area contributed by atoms with E-state index in [0.29, 0.717) is 5.92 Å². The van der Waals surface area contributed by atoms with Gasteiger partial charge in [0.1, 0.15) is 5.70 Å². The first-order valence-corrected chi connectivity index (χ1v) is 6.46. The molecule has 0 spiro atoms. The van der Waals surface area contributed by atoms with E-state index in [1.165, 1.54) is 30.3 Å². The average Bonchev–Trinajstić information content (AvgIpc) is 3.10. The van der Waals surface area contributed by atoms with Gasteiger partial charge in [0.2, 0.25) is 0 Å². The second-order valence-electron chi connectivity index (χ2n) is 3.81. The van der Waals surface area contributed by atoms with E-state index < -0.39 is 5.97 Å². The first kappa shape index (κ1) is 12.6. The maximum Gasteiger partial charge on any atom is 0.340 e. The summed E-state index contributed by atoms with van der Waals surface area (Å²) in [7, 11) is 0. The lowest BCUT2D eigenvalue weighted by atomic mass is 10.4. The third-order valence-corrected chi connectivity index (χ3v) is 3.49. The number of carbonyl (C=O) groups excluding carboxylic acids is 1. The molecule has 1 aromatic heterocycles. The van der Waals surface area contributed by atoms with Gasteiger partial charge in [-0.25, -0.2) is 9.78 Å². The van der Waals surface area contributed by atoms with Gasteiger partial charge in [0, 0.05) is 21.9 Å². The number of carbonyl (C=O) groups is 1. The molecule has 1 saturated carbocycles. The fraction of sp³-hybridized carbons (Fsp3) is 0.455. The molecule has 94 valence electrons. The average molecular weight is 264 g/mol. The first-order valence-electron chi connectivity index (χ1n) is 5.64. The van der Waals surface area contributed by atoms with Crippen molar-refractivity contribution in [3.63, 3.8) is 0 Å². The van der Waals surface area contributed by atoms with Crippen molar-refractivity contribution in [2.75, 3.05) is 6.61 Å². The number of thiazole rings is 1. The van der Waals surface area contributed by atoms with Crippen LogP contribution in [0.3, 0.4) is 0 Å². The SMILES string of the molecule is CCOC(=O)/C(=C\c1cnc(C2CC2)s1)N=[N+]=[N-]. The summed E-state index contributed by atoms with van der Waals surface area (Å²) in [5.41, 5.74) is 8.40. The monoisotopic (exact) mass is 264 g/mol. The van der Waals surface area contributed by atoms with Gasteiger partial charge < -0.3 is 4.74 Å². The van der Waals surface area contributed by atoms with E-state index in [1.807, 2.05) is 0 Å². The Hall–Kier alpha value is -1.85. The highest BCUT2D eigenvalue weighted by Crippen LogP contribution is 2.42. The third-order valence-electron chi connectivity index (χ3n) is 2.38. The van der Waals surface area contributed by atoms with Crippen LogP contribution in [0.4, 0.5) is 0 Å². The molecule has 0 saturated heterocycles. The summed E-state index contributed by atoms with van der Waals surface area (Å²) in [6, 6.07) is 0. The molecule has 0 unspecified atom stereocenters. The fourth-order valence-electron chi connectivity index (χ4n) is 1.40. The Bertz CT molecular complexity index is 527. The molecule has 1 aliphatic carbocycles. The summed E-state index contributed by atoms with van der Waals surface area (Å²) in [4.78, 5) is 19.2. The Kier molecular flexibility index (Phi) is 3.96. The Labute approximate surface area is 108 Å². The number of hydrogen-bond donors (Lipinski definition) is 0. The van der Waals surface area contributed by atoms with E-state index in [9.17, 15) is 4.79 Å². The summed E-state index contributed by atoms with van der Waals surface area (Å²) in [5.74, 6) is -0.0423. The van der Waals surface area contributed by atoms with Crippen LogP contribution in [0.15, 0.2) is 17.0 Å². The minimum atomic E-state index is -0.614. The molecule has 0 amide bonds. The molecule has 0 aliphatic heterocycles. The molecule has 0 N–H and O–H groups in total. The minimum Gasteiger partial charge on any atom is -0.462 e. The van der Waals surface area contributed by atoms with Crippen molar-refractivity contribution in [2.24, 2.45) is 5.11 Å². The summed E-state index contributed by atoms with van der Waals surface area (Å²) >= 11 is 1.51. The third kappa shape index (κ3) is 3.09. The van der Waals surface area contributed by atoms with Crippen molar-refractivity contribution >= 4 is 23.4 Å². The van der Waals surface area contributed by atoms with Crippen LogP contribution in [0.5, 0.6) is 0 Å². The summed E-state index contributed by atoms with van der Waals surface area (Å²) < 4.78 is 4.81. The zero-order valence-corrected chi connectivity index (χ0v) is 10.7. The molecule has 1 aromatic rings. The molecule has 0 bridgehead atoms. The Morgan fingerprint density at radius 1 is 1.78 bits per heavy atom. The van der Waals surface area contributed by atoms with Gasteiger partial charge in [0.25, 0.3) is 0 Å². The van der Waals surface area contributed by atoms with Gasteiger partial charge in [-0.05, 0) is 31.4 Å². The predicted octanol–water partition coefficient (Wildman–Crippen LogP) is 3.23. The van der Waals surface area contributed by atoms with Crippen LogP contribution >= 0.6 is 11.3 Å². The fourth-order valence-corrected chi connectivity index (χ4v) is 2.43. The molecule has 0 atom stereocenters. The highest BCUT2D eigenvalue weighted by molar-refractivity contribution is 7.12. The van der Waals surface area contributed by atoms with Crippen LogP contribution in [0.25, 0.3) is 16.5 Å². The number of esters is 1. The van der Waals surface area contributed by atoms with Gasteiger partial charge in [0.05, 0.1) is 11.6 Å². The number of hydrogen-bond acceptors (Lipinski definition) is 5. The van der Waals surface area contributed by atoms with Crippen molar-refractivity contribution in [1.82, 2.24) is 4.98 Å². The molecule has 2 rings (SSSR count). The quantitative estimate of drug-likeness (QED) is 0.269. The summed E-state index contributed by atoms with van der Waals surface area (Å²) in [6.07, 6.45) is 5.56. The number of rotatable bonds is 5. The summed E-state index contributed by atoms with van der Waals surface area (Å²) in [6.45, 7) is 1.94. The minimum absolute atomic E-state index is 0.0367. The maximum atomic E-state index is 11.5. The van der Waals surface area contributed by atoms with E-state index in [4.69, 9.17) is 10.3 Å². The van der Waals surface area contributed by atoms with E-state index in [0.717, 1.165) is 9.88 Å². The normalized spacial score (nSPS) is 15.1. The van der Waals surface area contributed by atoms with Gasteiger partial charge in [-0.2, -0.15) is 0 Å². The standard InChI is InChI=1S/C11H12N4O2S/c1-2-17-11(16)9(14-15-12)5-8-6-13-10(18-8)7-3-4-7/h5-7H,2-4H2,1H3/b9-5+. The van der Waals surface area contributed by atoms with Gasteiger partial charge in [-0.1, -0.05) is 5.11 Å². The Morgan fingerprint density at radius 2 is 2.56 bits per heavy atom. The molecule has 18 heavy (non-hydrogen) atoms. The van der Waals surface area contributed by atoms with Crippen molar-refractivity contribution in [3.8, 4) is 0 Å². The van der Waals surface area contributed by atoms with Crippen LogP contribution in [-0.4, -0.2) is 17.6 Å². The molecule has 6 nitrogen and oxygen atoms in total. The number of azide groups is 1. The van der Waals surface area contributed by atoms with E-state index in [-0.39, 0.29) is 12.3 Å². The lowest BCUT2D eigenvalue weighted by Crippen LogP contribution is -2.05. The predicted molar refractivity (Wildman–Crippen MR) is 67.8 cm³/mol. The molecule has 1 heterocycles. The second kappa shape index (κ2) is 5.66. The summed E-state index contributed by atoms with van der Waals surface area (Å²) in [5, 5.41) is 4.43. The molecule has 1 fully saturated rings. The largest absolute Gasteiger partial charge is 0.462 e. The molecule has 0 aromatic carbocycles. The van der Waals surface area contributed by atoms with Crippen molar-refractivity contribution in [2.45, 2.75) is 25.7 Å². The van der Waals surface area contributed by atoms with E-state index >= 15 is 0 Å². The maximum absolute atomic E-state index is 11.5. The van der Waals surface area contributed by atoms with Crippen LogP contribution in [0.2, 0.25) is 0 Å². The van der Waals surface area contributed by atoms with E-state index in [2.05, 4.69) is 15.0 Å². The molecule has 0 radical (unpaired) electrons. The molecular formula is C11H12N4O2S. The Balaban J connectivity index is 2.19. The van der Waals surface area contributed by atoms with E-state index in [1.54, 1.807) is 13.1 Å². The number of nitrogens with zero attached hydrogens (tertiary/aromatic N) is 4. The van der Waals surface area contributed by atoms with Crippen LogP contribution in [-0.2, 0) is 9.53 Å². The Morgan fingerprint density at radius 3 is 3.17 bits per heavy atom. The van der Waals surface area contributed by atoms with Gasteiger partial charge >= 0.3 is 5.97 Å². The first-order chi connectivity index (χ1) is 8.74. The number of aromatic nitrogens is 1. The molecular weight excluding hydrogens is 252 g/mol.